The van der Waals surface area contributed by atoms with E-state index >= 15 is 0 Å². The summed E-state index contributed by atoms with van der Waals surface area (Å²) in [5.74, 6) is 1.31. The van der Waals surface area contributed by atoms with Crippen LogP contribution in [0.4, 0.5) is 5.82 Å². The summed E-state index contributed by atoms with van der Waals surface area (Å²) in [6.45, 7) is 13.8. The third-order valence-corrected chi connectivity index (χ3v) is 3.95. The summed E-state index contributed by atoms with van der Waals surface area (Å²) in [7, 11) is 0. The zero-order chi connectivity index (χ0) is 17.6. The van der Waals surface area contributed by atoms with Gasteiger partial charge in [0, 0.05) is 12.0 Å². The lowest BCUT2D eigenvalue weighted by atomic mass is 9.85. The highest BCUT2D eigenvalue weighted by Crippen LogP contribution is 2.35. The fourth-order valence-corrected chi connectivity index (χ4v) is 3.03. The molecule has 0 bridgehead atoms. The number of hydrogen-bond donors (Lipinski definition) is 2. The van der Waals surface area contributed by atoms with Gasteiger partial charge in [0.15, 0.2) is 0 Å². The maximum absolute atomic E-state index is 6.10. The lowest BCUT2D eigenvalue weighted by Crippen LogP contribution is -2.26. The van der Waals surface area contributed by atoms with Gasteiger partial charge in [-0.2, -0.15) is 5.10 Å². The van der Waals surface area contributed by atoms with E-state index in [9.17, 15) is 0 Å². The average molecular weight is 322 g/mol. The van der Waals surface area contributed by atoms with Gasteiger partial charge in [-0.1, -0.05) is 6.58 Å². The normalized spacial score (nSPS) is 21.7. The molecule has 1 fully saturated rings. The molecule has 1 saturated carbocycles. The minimum absolute atomic E-state index is 0.0553. The third-order valence-electron chi connectivity index (χ3n) is 3.95. The lowest BCUT2D eigenvalue weighted by molar-refractivity contribution is -0.0148. The third kappa shape index (κ3) is 5.90. The fourth-order valence-electron chi connectivity index (χ4n) is 3.03. The Morgan fingerprint density at radius 3 is 2.22 bits per heavy atom. The molecular weight excluding hydrogens is 288 g/mol. The molecule has 1 aromatic heterocycles. The minimum Gasteiger partial charge on any atom is -0.405 e. The van der Waals surface area contributed by atoms with Crippen LogP contribution in [0.15, 0.2) is 18.8 Å². The number of nitrogens with two attached hydrogens (primary N) is 2. The molecule has 2 rings (SSSR count). The highest BCUT2D eigenvalue weighted by molar-refractivity contribution is 5.33. The second-order valence-corrected chi connectivity index (χ2v) is 7.47. The zero-order valence-corrected chi connectivity index (χ0v) is 15.4. The van der Waals surface area contributed by atoms with Crippen molar-refractivity contribution in [2.24, 2.45) is 5.73 Å². The Kier molecular flexibility index (Phi) is 7.13. The van der Waals surface area contributed by atoms with E-state index in [1.165, 1.54) is 6.20 Å². The minimum atomic E-state index is -0.0553. The molecule has 23 heavy (non-hydrogen) atoms. The van der Waals surface area contributed by atoms with Crippen LogP contribution in [-0.2, 0) is 10.3 Å². The number of rotatable bonds is 3. The molecule has 0 unspecified atom stereocenters. The largest absolute Gasteiger partial charge is 0.405 e. The van der Waals surface area contributed by atoms with Gasteiger partial charge in [-0.05, 0) is 66.5 Å². The number of anilines is 1. The van der Waals surface area contributed by atoms with E-state index in [-0.39, 0.29) is 5.54 Å². The van der Waals surface area contributed by atoms with Gasteiger partial charge < -0.3 is 16.2 Å². The maximum Gasteiger partial charge on any atom is 0.122 e. The van der Waals surface area contributed by atoms with Crippen molar-refractivity contribution in [2.45, 2.75) is 84.0 Å². The Bertz CT molecular complexity index is 480. The first-order valence-corrected chi connectivity index (χ1v) is 8.53. The van der Waals surface area contributed by atoms with Crippen LogP contribution in [-0.4, -0.2) is 22.0 Å². The van der Waals surface area contributed by atoms with Crippen LogP contribution < -0.4 is 11.5 Å². The molecule has 132 valence electrons. The summed E-state index contributed by atoms with van der Waals surface area (Å²) >= 11 is 0. The number of hydrogen-bond acceptors (Lipinski definition) is 4. The first kappa shape index (κ1) is 19.6. The Balaban J connectivity index is 0.000000816. The van der Waals surface area contributed by atoms with Crippen molar-refractivity contribution in [1.82, 2.24) is 9.78 Å². The van der Waals surface area contributed by atoms with Crippen LogP contribution in [0, 0.1) is 0 Å². The quantitative estimate of drug-likeness (QED) is 0.888. The predicted molar refractivity (Wildman–Crippen MR) is 97.2 cm³/mol. The molecule has 0 aromatic carbocycles. The summed E-state index contributed by atoms with van der Waals surface area (Å²) < 4.78 is 7.85. The van der Waals surface area contributed by atoms with Crippen molar-refractivity contribution in [1.29, 1.82) is 0 Å². The van der Waals surface area contributed by atoms with E-state index in [0.29, 0.717) is 18.1 Å². The van der Waals surface area contributed by atoms with Gasteiger partial charge >= 0.3 is 0 Å². The molecule has 0 radical (unpaired) electrons. The van der Waals surface area contributed by atoms with Crippen LogP contribution in [0.2, 0.25) is 0 Å². The Morgan fingerprint density at radius 2 is 1.83 bits per heavy atom. The van der Waals surface area contributed by atoms with Crippen molar-refractivity contribution in [3.05, 3.63) is 24.5 Å². The summed E-state index contributed by atoms with van der Waals surface area (Å²) in [5, 5.41) is 4.74. The Labute approximate surface area is 141 Å². The number of aromatic nitrogens is 2. The highest BCUT2D eigenvalue weighted by Gasteiger charge is 2.27. The van der Waals surface area contributed by atoms with Crippen LogP contribution >= 0.6 is 0 Å². The van der Waals surface area contributed by atoms with Gasteiger partial charge in [-0.3, -0.25) is 0 Å². The van der Waals surface area contributed by atoms with Crippen LogP contribution in [0.25, 0.3) is 0 Å². The van der Waals surface area contributed by atoms with E-state index in [1.807, 2.05) is 4.68 Å². The first-order valence-electron chi connectivity index (χ1n) is 8.53. The molecule has 5 nitrogen and oxygen atoms in total. The lowest BCUT2D eigenvalue weighted by Gasteiger charge is -2.29. The van der Waals surface area contributed by atoms with E-state index in [0.717, 1.165) is 37.2 Å². The number of nitrogen functional groups attached to an aromatic ring is 1. The summed E-state index contributed by atoms with van der Waals surface area (Å²) in [6, 6.07) is 2.06. The fraction of sp³-hybridized carbons (Fsp3) is 0.722. The van der Waals surface area contributed by atoms with E-state index < -0.39 is 0 Å². The van der Waals surface area contributed by atoms with Crippen molar-refractivity contribution in [2.75, 3.05) is 5.73 Å². The first-order chi connectivity index (χ1) is 10.7. The number of ether oxygens (including phenoxy) is 1. The van der Waals surface area contributed by atoms with Crippen molar-refractivity contribution >= 4 is 5.82 Å². The molecule has 1 heterocycles. The van der Waals surface area contributed by atoms with Gasteiger partial charge in [0.2, 0.25) is 0 Å². The van der Waals surface area contributed by atoms with E-state index in [1.54, 1.807) is 0 Å². The van der Waals surface area contributed by atoms with Gasteiger partial charge in [-0.15, -0.1) is 0 Å². The van der Waals surface area contributed by atoms with E-state index in [2.05, 4.69) is 53.0 Å². The van der Waals surface area contributed by atoms with Gasteiger partial charge in [0.05, 0.1) is 23.4 Å². The van der Waals surface area contributed by atoms with Crippen LogP contribution in [0.5, 0.6) is 0 Å². The standard InChI is InChI=1S/C16H29N3O.C2H5N/c1-11(2)20-13-8-6-12(7-9-13)14-10-15(17)19(18-14)16(3,4)5;1-2-3/h10-13H,6-9,17H2,1-5H3;2H,1,3H2. The van der Waals surface area contributed by atoms with Crippen LogP contribution in [0.3, 0.4) is 0 Å². The average Bonchev–Trinajstić information content (AvgIpc) is 2.82. The van der Waals surface area contributed by atoms with Gasteiger partial charge in [0.1, 0.15) is 5.82 Å². The molecule has 1 aliphatic rings. The molecule has 0 amide bonds. The summed E-state index contributed by atoms with van der Waals surface area (Å²) in [4.78, 5) is 0. The molecule has 0 spiro atoms. The van der Waals surface area contributed by atoms with E-state index in [4.69, 9.17) is 15.6 Å². The van der Waals surface area contributed by atoms with Crippen molar-refractivity contribution < 1.29 is 4.74 Å². The van der Waals surface area contributed by atoms with Crippen LogP contribution in [0.1, 0.15) is 71.9 Å². The molecule has 4 N–H and O–H groups in total. The second kappa shape index (κ2) is 8.39. The second-order valence-electron chi connectivity index (χ2n) is 7.47. The van der Waals surface area contributed by atoms with Crippen molar-refractivity contribution in [3.8, 4) is 0 Å². The molecule has 0 aliphatic heterocycles. The van der Waals surface area contributed by atoms with Gasteiger partial charge in [-0.25, -0.2) is 4.68 Å². The smallest absolute Gasteiger partial charge is 0.122 e. The van der Waals surface area contributed by atoms with Gasteiger partial charge in [0.25, 0.3) is 0 Å². The zero-order valence-electron chi connectivity index (χ0n) is 15.4. The summed E-state index contributed by atoms with van der Waals surface area (Å²) in [5.41, 5.74) is 11.8. The maximum atomic E-state index is 6.10. The Hall–Kier alpha value is -1.49. The molecule has 0 saturated heterocycles. The summed E-state index contributed by atoms with van der Waals surface area (Å²) in [6.07, 6.45) is 6.56. The number of nitrogens with zero attached hydrogens (tertiary/aromatic N) is 2. The monoisotopic (exact) mass is 322 g/mol. The molecule has 1 aromatic rings. The predicted octanol–water partition coefficient (Wildman–Crippen LogP) is 3.76. The molecule has 5 heteroatoms. The van der Waals surface area contributed by atoms with Crippen molar-refractivity contribution in [3.63, 3.8) is 0 Å². The SMILES string of the molecule is C=CN.CC(C)OC1CCC(c2cc(N)n(C(C)(C)C)n2)CC1. The Morgan fingerprint density at radius 1 is 1.30 bits per heavy atom. The molecule has 1 aliphatic carbocycles. The molecule has 0 atom stereocenters. The highest BCUT2D eigenvalue weighted by atomic mass is 16.5. The molecular formula is C18H34N4O. The topological polar surface area (TPSA) is 79.1 Å².